The van der Waals surface area contributed by atoms with Crippen LogP contribution >= 0.6 is 0 Å². The maximum atomic E-state index is 12.1. The number of carbonyl (C=O) groups excluding carboxylic acids is 1. The molecule has 0 unspecified atom stereocenters. The molecule has 19 heavy (non-hydrogen) atoms. The molecule has 0 saturated heterocycles. The van der Waals surface area contributed by atoms with Crippen molar-refractivity contribution in [3.63, 3.8) is 0 Å². The van der Waals surface area contributed by atoms with Gasteiger partial charge in [0.2, 0.25) is 0 Å². The Kier molecular flexibility index (Phi) is 6.08. The number of hydrogen-bond donors (Lipinski definition) is 3. The zero-order valence-electron chi connectivity index (χ0n) is 11.6. The highest BCUT2D eigenvalue weighted by Crippen LogP contribution is 2.24. The van der Waals surface area contributed by atoms with Gasteiger partial charge in [0.05, 0.1) is 6.54 Å². The minimum Gasteiger partial charge on any atom is -0.479 e. The Morgan fingerprint density at radius 1 is 1.32 bits per heavy atom. The Labute approximate surface area is 113 Å². The van der Waals surface area contributed by atoms with Crippen molar-refractivity contribution in [2.45, 2.75) is 51.7 Å². The summed E-state index contributed by atoms with van der Waals surface area (Å²) in [6.07, 6.45) is 2.71. The van der Waals surface area contributed by atoms with Gasteiger partial charge in [-0.1, -0.05) is 26.7 Å². The van der Waals surface area contributed by atoms with Gasteiger partial charge in [0.25, 0.3) is 0 Å². The average molecular weight is 272 g/mol. The van der Waals surface area contributed by atoms with Crippen molar-refractivity contribution < 1.29 is 19.8 Å². The Hall–Kier alpha value is -1.30. The predicted octanol–water partition coefficient (Wildman–Crippen LogP) is 1.04. The SMILES string of the molecule is CC(C)CN(C(=O)NC[C@H](O)C(=O)O)C1CCCC1. The second-order valence-electron chi connectivity index (χ2n) is 5.52. The number of aliphatic hydroxyl groups excluding tert-OH is 1. The van der Waals surface area contributed by atoms with Crippen LogP contribution in [0.3, 0.4) is 0 Å². The molecule has 1 fully saturated rings. The third-order valence-corrected chi connectivity index (χ3v) is 3.32. The highest BCUT2D eigenvalue weighted by Gasteiger charge is 2.27. The van der Waals surface area contributed by atoms with E-state index in [1.54, 1.807) is 4.90 Å². The molecule has 1 saturated carbocycles. The monoisotopic (exact) mass is 272 g/mol. The van der Waals surface area contributed by atoms with Gasteiger partial charge in [-0.3, -0.25) is 0 Å². The first-order chi connectivity index (χ1) is 8.91. The molecule has 3 N–H and O–H groups in total. The smallest absolute Gasteiger partial charge is 0.334 e. The molecule has 0 aromatic carbocycles. The number of aliphatic hydroxyl groups is 1. The molecule has 1 rings (SSSR count). The molecule has 6 heteroatoms. The van der Waals surface area contributed by atoms with Crippen LogP contribution in [0.1, 0.15) is 39.5 Å². The van der Waals surface area contributed by atoms with Crippen LogP contribution in [0.15, 0.2) is 0 Å². The van der Waals surface area contributed by atoms with E-state index in [-0.39, 0.29) is 18.6 Å². The van der Waals surface area contributed by atoms with Gasteiger partial charge in [-0.15, -0.1) is 0 Å². The van der Waals surface area contributed by atoms with Gasteiger partial charge >= 0.3 is 12.0 Å². The minimum atomic E-state index is -1.55. The zero-order valence-corrected chi connectivity index (χ0v) is 11.6. The molecule has 1 atom stereocenters. The van der Waals surface area contributed by atoms with Crippen LogP contribution in [0.4, 0.5) is 4.79 Å². The number of carbonyl (C=O) groups is 2. The first-order valence-corrected chi connectivity index (χ1v) is 6.87. The Morgan fingerprint density at radius 3 is 2.37 bits per heavy atom. The molecular formula is C13H24N2O4. The molecule has 1 aliphatic carbocycles. The van der Waals surface area contributed by atoms with E-state index in [4.69, 9.17) is 5.11 Å². The van der Waals surface area contributed by atoms with Crippen LogP contribution in [0.25, 0.3) is 0 Å². The van der Waals surface area contributed by atoms with Gasteiger partial charge < -0.3 is 20.4 Å². The molecule has 110 valence electrons. The van der Waals surface area contributed by atoms with Gasteiger partial charge in [0.15, 0.2) is 6.10 Å². The van der Waals surface area contributed by atoms with E-state index in [2.05, 4.69) is 5.32 Å². The summed E-state index contributed by atoms with van der Waals surface area (Å²) >= 11 is 0. The summed E-state index contributed by atoms with van der Waals surface area (Å²) in [5, 5.41) is 20.2. The topological polar surface area (TPSA) is 89.9 Å². The average Bonchev–Trinajstić information content (AvgIpc) is 2.85. The molecule has 0 radical (unpaired) electrons. The summed E-state index contributed by atoms with van der Waals surface area (Å²) in [5.41, 5.74) is 0. The number of aliphatic carboxylic acids is 1. The van der Waals surface area contributed by atoms with Crippen molar-refractivity contribution in [3.8, 4) is 0 Å². The van der Waals surface area contributed by atoms with Crippen LogP contribution in [0, 0.1) is 5.92 Å². The van der Waals surface area contributed by atoms with Gasteiger partial charge in [-0.25, -0.2) is 9.59 Å². The highest BCUT2D eigenvalue weighted by molar-refractivity contribution is 5.77. The third-order valence-electron chi connectivity index (χ3n) is 3.32. The van der Waals surface area contributed by atoms with Crippen LogP contribution in [0.5, 0.6) is 0 Å². The molecule has 0 bridgehead atoms. The maximum Gasteiger partial charge on any atom is 0.334 e. The summed E-state index contributed by atoms with van der Waals surface area (Å²) in [6.45, 7) is 4.48. The van der Waals surface area contributed by atoms with Crippen molar-refractivity contribution in [3.05, 3.63) is 0 Å². The molecule has 0 aromatic rings. The molecule has 0 aromatic heterocycles. The lowest BCUT2D eigenvalue weighted by Gasteiger charge is -2.30. The largest absolute Gasteiger partial charge is 0.479 e. The van der Waals surface area contributed by atoms with E-state index < -0.39 is 12.1 Å². The molecule has 2 amide bonds. The third kappa shape index (κ3) is 5.06. The van der Waals surface area contributed by atoms with Crippen LogP contribution in [-0.4, -0.2) is 52.3 Å². The second kappa shape index (κ2) is 7.33. The van der Waals surface area contributed by atoms with Crippen molar-refractivity contribution in [2.24, 2.45) is 5.92 Å². The fourth-order valence-electron chi connectivity index (χ4n) is 2.38. The molecule has 0 spiro atoms. The number of carboxylic acid groups (broad SMARTS) is 1. The number of nitrogens with zero attached hydrogens (tertiary/aromatic N) is 1. The lowest BCUT2D eigenvalue weighted by atomic mass is 10.1. The standard InChI is InChI=1S/C13H24N2O4/c1-9(2)8-15(10-5-3-4-6-10)13(19)14-7-11(16)12(17)18/h9-11,16H,3-8H2,1-2H3,(H,14,19)(H,17,18)/t11-/m0/s1. The summed E-state index contributed by atoms with van der Waals surface area (Å²) in [4.78, 5) is 24.4. The summed E-state index contributed by atoms with van der Waals surface area (Å²) in [5.74, 6) is -0.965. The number of urea groups is 1. The number of hydrogen-bond acceptors (Lipinski definition) is 3. The summed E-state index contributed by atoms with van der Waals surface area (Å²) < 4.78 is 0. The van der Waals surface area contributed by atoms with Crippen LogP contribution < -0.4 is 5.32 Å². The van der Waals surface area contributed by atoms with Gasteiger partial charge in [0.1, 0.15) is 0 Å². The predicted molar refractivity (Wildman–Crippen MR) is 70.8 cm³/mol. The van der Waals surface area contributed by atoms with Crippen molar-refractivity contribution in [2.75, 3.05) is 13.1 Å². The number of nitrogens with one attached hydrogen (secondary N) is 1. The first kappa shape index (κ1) is 15.8. The number of rotatable bonds is 6. The van der Waals surface area contributed by atoms with E-state index in [0.29, 0.717) is 12.5 Å². The lowest BCUT2D eigenvalue weighted by Crippen LogP contribution is -2.49. The minimum absolute atomic E-state index is 0.240. The molecule has 1 aliphatic rings. The first-order valence-electron chi connectivity index (χ1n) is 6.87. The Balaban J connectivity index is 2.53. The normalized spacial score (nSPS) is 17.5. The van der Waals surface area contributed by atoms with E-state index in [1.165, 1.54) is 0 Å². The van der Waals surface area contributed by atoms with E-state index >= 15 is 0 Å². The van der Waals surface area contributed by atoms with Crippen molar-refractivity contribution in [1.82, 2.24) is 10.2 Å². The molecule has 0 heterocycles. The Bertz CT molecular complexity index is 314. The van der Waals surface area contributed by atoms with Crippen molar-refractivity contribution >= 4 is 12.0 Å². The van der Waals surface area contributed by atoms with Crippen LogP contribution in [0.2, 0.25) is 0 Å². The number of amides is 2. The maximum absolute atomic E-state index is 12.1. The summed E-state index contributed by atoms with van der Waals surface area (Å²) in [7, 11) is 0. The van der Waals surface area contributed by atoms with Crippen LogP contribution in [-0.2, 0) is 4.79 Å². The van der Waals surface area contributed by atoms with Gasteiger partial charge in [-0.2, -0.15) is 0 Å². The number of carboxylic acids is 1. The lowest BCUT2D eigenvalue weighted by molar-refractivity contribution is -0.146. The highest BCUT2D eigenvalue weighted by atomic mass is 16.4. The fraction of sp³-hybridized carbons (Fsp3) is 0.846. The van der Waals surface area contributed by atoms with Crippen molar-refractivity contribution in [1.29, 1.82) is 0 Å². The van der Waals surface area contributed by atoms with Gasteiger partial charge in [0, 0.05) is 12.6 Å². The van der Waals surface area contributed by atoms with E-state index in [0.717, 1.165) is 25.7 Å². The second-order valence-corrected chi connectivity index (χ2v) is 5.52. The quantitative estimate of drug-likeness (QED) is 0.674. The van der Waals surface area contributed by atoms with E-state index in [9.17, 15) is 14.7 Å². The molecule has 6 nitrogen and oxygen atoms in total. The Morgan fingerprint density at radius 2 is 1.89 bits per heavy atom. The summed E-state index contributed by atoms with van der Waals surface area (Å²) in [6, 6.07) is -0.0368. The van der Waals surface area contributed by atoms with Gasteiger partial charge in [-0.05, 0) is 18.8 Å². The molecule has 0 aliphatic heterocycles. The zero-order chi connectivity index (χ0) is 14.4. The molecular weight excluding hydrogens is 248 g/mol. The fourth-order valence-corrected chi connectivity index (χ4v) is 2.38. The van der Waals surface area contributed by atoms with E-state index in [1.807, 2.05) is 13.8 Å².